The fourth-order valence-corrected chi connectivity index (χ4v) is 8.38. The van der Waals surface area contributed by atoms with Gasteiger partial charge in [-0.05, 0) is 65.7 Å². The zero-order valence-corrected chi connectivity index (χ0v) is 31.5. The van der Waals surface area contributed by atoms with Gasteiger partial charge in [-0.2, -0.15) is 0 Å². The third-order valence-corrected chi connectivity index (χ3v) is 10.8. The summed E-state index contributed by atoms with van der Waals surface area (Å²) in [6.07, 6.45) is 1.86. The van der Waals surface area contributed by atoms with Gasteiger partial charge in [-0.3, -0.25) is 4.40 Å². The van der Waals surface area contributed by atoms with E-state index in [1.165, 1.54) is 5.56 Å². The molecule has 6 aromatic carbocycles. The van der Waals surface area contributed by atoms with Crippen molar-refractivity contribution in [3.05, 3.63) is 145 Å². The first-order valence-electron chi connectivity index (χ1n) is 17.7. The van der Waals surface area contributed by atoms with Crippen molar-refractivity contribution in [2.24, 2.45) is 0 Å². The first-order valence-corrected chi connectivity index (χ1v) is 17.7. The number of hydrogen-bond acceptors (Lipinski definition) is 3. The minimum Gasteiger partial charge on any atom is -0.507 e. The number of imidazole rings is 1. The van der Waals surface area contributed by atoms with Crippen LogP contribution in [0.1, 0.15) is 26.3 Å². The quantitative estimate of drug-likeness (QED) is 0.176. The number of phenolic OH excluding ortho intramolecular Hbond substituents is 1. The van der Waals surface area contributed by atoms with Gasteiger partial charge in [0, 0.05) is 48.8 Å². The van der Waals surface area contributed by atoms with Gasteiger partial charge in [-0.15, -0.1) is 29.3 Å². The summed E-state index contributed by atoms with van der Waals surface area (Å²) in [7, 11) is 0. The summed E-state index contributed by atoms with van der Waals surface area (Å²) in [6, 6.07) is 48.1. The molecule has 0 bridgehead atoms. The molecule has 5 aromatic heterocycles. The summed E-state index contributed by atoms with van der Waals surface area (Å²) in [4.78, 5) is 10.4. The van der Waals surface area contributed by atoms with Crippen molar-refractivity contribution in [3.8, 4) is 22.6 Å². The van der Waals surface area contributed by atoms with E-state index >= 15 is 0 Å². The van der Waals surface area contributed by atoms with Gasteiger partial charge in [0.25, 0.3) is 0 Å². The molecule has 258 valence electrons. The molecule has 0 atom stereocenters. The molecule has 0 unspecified atom stereocenters. The summed E-state index contributed by atoms with van der Waals surface area (Å²) >= 11 is 0. The Hall–Kier alpha value is -5.97. The second kappa shape index (κ2) is 11.3. The molecule has 11 rings (SSSR count). The molecule has 0 fully saturated rings. The van der Waals surface area contributed by atoms with E-state index in [0.717, 1.165) is 88.0 Å². The van der Waals surface area contributed by atoms with Gasteiger partial charge in [0.1, 0.15) is 11.4 Å². The van der Waals surface area contributed by atoms with Crippen molar-refractivity contribution in [3.63, 3.8) is 0 Å². The van der Waals surface area contributed by atoms with E-state index in [-0.39, 0.29) is 32.2 Å². The van der Waals surface area contributed by atoms with Crippen LogP contribution in [0.2, 0.25) is 0 Å². The van der Waals surface area contributed by atoms with E-state index in [0.29, 0.717) is 5.65 Å². The minimum absolute atomic E-state index is 0. The third kappa shape index (κ3) is 4.36. The van der Waals surface area contributed by atoms with E-state index in [4.69, 9.17) is 9.97 Å². The number of pyridine rings is 1. The molecule has 7 heteroatoms. The zero-order chi connectivity index (χ0) is 34.9. The van der Waals surface area contributed by atoms with Crippen LogP contribution in [-0.2, 0) is 26.5 Å². The number of fused-ring (bicyclic) bond motifs is 13. The number of rotatable bonds is 2. The van der Waals surface area contributed by atoms with Gasteiger partial charge >= 0.3 is 0 Å². The fraction of sp³-hybridized carbons (Fsp3) is 0.0870. The molecule has 11 aromatic rings. The van der Waals surface area contributed by atoms with Crippen LogP contribution in [0.4, 0.5) is 0 Å². The first kappa shape index (κ1) is 31.7. The largest absolute Gasteiger partial charge is 0.507 e. The van der Waals surface area contributed by atoms with E-state index < -0.39 is 0 Å². The molecular weight excluding hydrogens is 834 g/mol. The van der Waals surface area contributed by atoms with Gasteiger partial charge in [0.05, 0.1) is 44.0 Å². The molecule has 0 aliphatic rings. The van der Waals surface area contributed by atoms with Crippen molar-refractivity contribution in [2.45, 2.75) is 26.2 Å². The Morgan fingerprint density at radius 1 is 0.604 bits per heavy atom. The van der Waals surface area contributed by atoms with Crippen molar-refractivity contribution in [1.29, 1.82) is 0 Å². The van der Waals surface area contributed by atoms with Crippen LogP contribution in [0, 0.1) is 6.07 Å². The standard InChI is InChI=1S/C46H32N5O.Pt/c1-46(2,3)28-24-27(25-29(26-28)49-35-16-6-5-13-32(35)34-15-11-23-47-44(34)49)30-14-10-20-39-42(30)48-45-41-40(52)22-21-33-31-12-4-7-17-36(31)50(43(33)41)37-18-8-9-19-38(37)51(39)45;/h4-24,26,52H,1-3H3;/q-1;. The second-order valence-corrected chi connectivity index (χ2v) is 14.8. The van der Waals surface area contributed by atoms with Crippen molar-refractivity contribution < 1.29 is 26.2 Å². The molecule has 0 amide bonds. The van der Waals surface area contributed by atoms with Crippen LogP contribution in [0.3, 0.4) is 0 Å². The SMILES string of the molecule is CC(C)(C)c1cc(-c2cccc3c2nc2c4c(O)ccc5c6ccccc6n(c6ccccc6n32)c54)[c-]c(-n2c3ccccc3c3cccnc32)c1.[Pt]. The monoisotopic (exact) mass is 865 g/mol. The Labute approximate surface area is 318 Å². The summed E-state index contributed by atoms with van der Waals surface area (Å²) in [5.74, 6) is 0.199. The van der Waals surface area contributed by atoms with Gasteiger partial charge < -0.3 is 14.1 Å². The predicted molar refractivity (Wildman–Crippen MR) is 213 cm³/mol. The second-order valence-electron chi connectivity index (χ2n) is 14.8. The molecule has 1 N–H and O–H groups in total. The molecular formula is C46H32N5OPt-. The van der Waals surface area contributed by atoms with Gasteiger partial charge in [0.15, 0.2) is 5.65 Å². The van der Waals surface area contributed by atoms with Gasteiger partial charge in [0.2, 0.25) is 0 Å². The number of aromatic nitrogens is 5. The number of nitrogens with zero attached hydrogens (tertiary/aromatic N) is 5. The number of para-hydroxylation sites is 5. The van der Waals surface area contributed by atoms with Crippen LogP contribution in [0.25, 0.3) is 93.7 Å². The molecule has 0 aliphatic carbocycles. The molecule has 0 aliphatic heterocycles. The van der Waals surface area contributed by atoms with Crippen molar-refractivity contribution in [1.82, 2.24) is 23.3 Å². The number of phenols is 1. The molecule has 5 heterocycles. The fourth-order valence-electron chi connectivity index (χ4n) is 8.38. The maximum atomic E-state index is 11.7. The molecule has 0 saturated carbocycles. The van der Waals surface area contributed by atoms with Crippen molar-refractivity contribution in [2.75, 3.05) is 0 Å². The van der Waals surface area contributed by atoms with Crippen LogP contribution in [-0.4, -0.2) is 28.4 Å². The number of hydrogen-bond donors (Lipinski definition) is 1. The zero-order valence-electron chi connectivity index (χ0n) is 29.2. The van der Waals surface area contributed by atoms with Crippen LogP contribution in [0.5, 0.6) is 5.75 Å². The topological polar surface area (TPSA) is 59.8 Å². The number of aromatic hydroxyl groups is 1. The Morgan fingerprint density at radius 2 is 1.26 bits per heavy atom. The average molecular weight is 866 g/mol. The maximum Gasteiger partial charge on any atom is 0.150 e. The predicted octanol–water partition coefficient (Wildman–Crippen LogP) is 11.2. The first-order chi connectivity index (χ1) is 25.4. The maximum absolute atomic E-state index is 11.7. The Morgan fingerprint density at radius 3 is 2.04 bits per heavy atom. The van der Waals surface area contributed by atoms with Crippen molar-refractivity contribution >= 4 is 76.8 Å². The normalized spacial score (nSPS) is 12.4. The van der Waals surface area contributed by atoms with E-state index in [2.05, 4.69) is 149 Å². The van der Waals surface area contributed by atoms with E-state index in [1.807, 2.05) is 24.4 Å². The van der Waals surface area contributed by atoms with Crippen LogP contribution >= 0.6 is 0 Å². The minimum atomic E-state index is -0.141. The molecule has 0 spiro atoms. The summed E-state index contributed by atoms with van der Waals surface area (Å²) in [5, 5.41) is 16.9. The average Bonchev–Trinajstić information content (AvgIpc) is 3.79. The molecule has 0 radical (unpaired) electrons. The summed E-state index contributed by atoms with van der Waals surface area (Å²) in [5.41, 5.74) is 12.5. The summed E-state index contributed by atoms with van der Waals surface area (Å²) < 4.78 is 6.74. The Bertz CT molecular complexity index is 3250. The molecule has 0 saturated heterocycles. The van der Waals surface area contributed by atoms with Gasteiger partial charge in [-0.25, -0.2) is 9.97 Å². The Kier molecular flexibility index (Phi) is 6.74. The number of benzene rings is 6. The van der Waals surface area contributed by atoms with Crippen LogP contribution < -0.4 is 0 Å². The van der Waals surface area contributed by atoms with E-state index in [1.54, 1.807) is 0 Å². The van der Waals surface area contributed by atoms with Gasteiger partial charge in [-0.1, -0.05) is 87.0 Å². The molecule has 6 nitrogen and oxygen atoms in total. The molecule has 53 heavy (non-hydrogen) atoms. The third-order valence-electron chi connectivity index (χ3n) is 10.8. The van der Waals surface area contributed by atoms with Crippen LogP contribution in [0.15, 0.2) is 134 Å². The summed E-state index contributed by atoms with van der Waals surface area (Å²) in [6.45, 7) is 6.75. The van der Waals surface area contributed by atoms with E-state index in [9.17, 15) is 5.11 Å². The Balaban J connectivity index is 0.00000349. The smallest absolute Gasteiger partial charge is 0.150 e.